The molecule has 0 aromatic heterocycles. The second-order valence-corrected chi connectivity index (χ2v) is 4.62. The van der Waals surface area contributed by atoms with Crippen LogP contribution in [0.5, 0.6) is 0 Å². The van der Waals surface area contributed by atoms with Crippen LogP contribution in [0.1, 0.15) is 48.4 Å². The number of hydrogen-bond donors (Lipinski definition) is 1. The van der Waals surface area contributed by atoms with E-state index in [0.717, 1.165) is 19.6 Å². The van der Waals surface area contributed by atoms with Gasteiger partial charge in [0, 0.05) is 7.47 Å². The molecule has 1 saturated heterocycles. The van der Waals surface area contributed by atoms with E-state index in [9.17, 15) is 4.79 Å². The fourth-order valence-electron chi connectivity index (χ4n) is 1.47. The van der Waals surface area contributed by atoms with Crippen LogP contribution in [0, 0.1) is 11.8 Å². The van der Waals surface area contributed by atoms with Gasteiger partial charge in [-0.2, -0.15) is 0 Å². The van der Waals surface area contributed by atoms with Crippen LogP contribution in [-0.4, -0.2) is 42.0 Å². The van der Waals surface area contributed by atoms with Crippen molar-refractivity contribution in [2.24, 2.45) is 0 Å². The highest BCUT2D eigenvalue weighted by Crippen LogP contribution is 2.05. The van der Waals surface area contributed by atoms with Crippen LogP contribution in [-0.2, 0) is 4.79 Å². The number of hydrogen-bond acceptors (Lipinski definition) is 2. The van der Waals surface area contributed by atoms with Gasteiger partial charge in [-0.05, 0) is 45.7 Å². The molecule has 0 unspecified atom stereocenters. The van der Waals surface area contributed by atoms with Crippen LogP contribution in [0.15, 0.2) is 0 Å². The summed E-state index contributed by atoms with van der Waals surface area (Å²) in [5, 5.41) is 2.74. The van der Waals surface area contributed by atoms with Crippen LogP contribution in [0.3, 0.4) is 0 Å². The number of amides is 1. The Morgan fingerprint density at radius 3 is 2.28 bits per heavy atom. The molecule has 0 atom stereocenters. The Labute approximate surface area is 113 Å². The molecule has 0 aliphatic carbocycles. The average Bonchev–Trinajstić information content (AvgIpc) is 2.70. The van der Waals surface area contributed by atoms with Gasteiger partial charge in [0.1, 0.15) is 0 Å². The summed E-state index contributed by atoms with van der Waals surface area (Å²) >= 11 is 0. The molecule has 0 aromatic carbocycles. The molecule has 1 aliphatic rings. The first-order valence-corrected chi connectivity index (χ1v) is 6.61. The molecule has 1 heterocycles. The second-order valence-electron chi connectivity index (χ2n) is 4.62. The number of carbonyl (C=O) groups is 1. The van der Waals surface area contributed by atoms with Gasteiger partial charge in [0.2, 0.25) is 0 Å². The maximum Gasteiger partial charge on any atom is 0.296 e. The fraction of sp³-hybridized carbons (Fsp3) is 0.786. The second kappa shape index (κ2) is 12.4. The minimum absolute atomic E-state index is 0. The van der Waals surface area contributed by atoms with E-state index in [4.69, 9.17) is 0 Å². The van der Waals surface area contributed by atoms with Crippen molar-refractivity contribution in [3.8, 4) is 11.8 Å². The molecule has 1 fully saturated rings. The molecule has 18 heavy (non-hydrogen) atoms. The van der Waals surface area contributed by atoms with Crippen molar-refractivity contribution in [2.45, 2.75) is 53.0 Å². The van der Waals surface area contributed by atoms with Gasteiger partial charge in [-0.15, -0.1) is 0 Å². The summed E-state index contributed by atoms with van der Waals surface area (Å²) in [5.74, 6) is 5.33. The van der Waals surface area contributed by atoms with E-state index in [1.165, 1.54) is 19.3 Å². The Bertz CT molecular complexity index is 266. The third-order valence-corrected chi connectivity index (χ3v) is 2.12. The zero-order chi connectivity index (χ0) is 13.1. The van der Waals surface area contributed by atoms with Gasteiger partial charge in [-0.25, -0.2) is 0 Å². The van der Waals surface area contributed by atoms with Gasteiger partial charge < -0.3 is 10.8 Å². The van der Waals surface area contributed by atoms with Gasteiger partial charge in [0.25, 0.3) is 5.91 Å². The van der Waals surface area contributed by atoms with Gasteiger partial charge in [0.05, 0.1) is 6.54 Å². The lowest BCUT2D eigenvalue weighted by molar-refractivity contribution is -0.116. The Hall–Kier alpha value is -1.05. The molecule has 1 rings (SSSR count). The summed E-state index contributed by atoms with van der Waals surface area (Å²) < 4.78 is 0. The number of rotatable bonds is 2. The number of likely N-dealkylation sites (tertiary alicyclic amines) is 1. The number of nitrogens with one attached hydrogen (secondary N) is 1. The molecule has 108 valence electrons. The van der Waals surface area contributed by atoms with Crippen LogP contribution < -0.4 is 5.32 Å². The first kappa shape index (κ1) is 19.3. The summed E-state index contributed by atoms with van der Waals surface area (Å²) in [6.45, 7) is 11.1. The van der Waals surface area contributed by atoms with Crippen molar-refractivity contribution in [1.29, 1.82) is 0 Å². The van der Waals surface area contributed by atoms with E-state index in [-0.39, 0.29) is 18.9 Å². The SMILES string of the molecule is CC(C)NC(=O)C#CCN1CCCC1.CCC.O.[HH]. The zero-order valence-corrected chi connectivity index (χ0v) is 12.2. The largest absolute Gasteiger partial charge is 0.412 e. The van der Waals surface area contributed by atoms with E-state index in [1.54, 1.807) is 0 Å². The Balaban J connectivity index is -0.000000468. The monoisotopic (exact) mass is 258 g/mol. The van der Waals surface area contributed by atoms with E-state index in [0.29, 0.717) is 0 Å². The van der Waals surface area contributed by atoms with Crippen molar-refractivity contribution in [2.75, 3.05) is 19.6 Å². The lowest BCUT2D eigenvalue weighted by atomic mass is 10.4. The Morgan fingerprint density at radius 1 is 1.33 bits per heavy atom. The summed E-state index contributed by atoms with van der Waals surface area (Å²) in [5.41, 5.74) is 0. The quantitative estimate of drug-likeness (QED) is 0.762. The summed E-state index contributed by atoms with van der Waals surface area (Å²) in [4.78, 5) is 13.4. The molecule has 0 aromatic rings. The molecule has 0 radical (unpaired) electrons. The molecule has 4 nitrogen and oxygen atoms in total. The predicted octanol–water partition coefficient (Wildman–Crippen LogP) is 1.45. The molecule has 1 amide bonds. The van der Waals surface area contributed by atoms with Crippen LogP contribution in [0.2, 0.25) is 0 Å². The highest BCUT2D eigenvalue weighted by molar-refractivity contribution is 5.93. The summed E-state index contributed by atoms with van der Waals surface area (Å²) in [6.07, 6.45) is 3.78. The Morgan fingerprint density at radius 2 is 1.83 bits per heavy atom. The predicted molar refractivity (Wildman–Crippen MR) is 78.4 cm³/mol. The third kappa shape index (κ3) is 11.4. The lowest BCUT2D eigenvalue weighted by Gasteiger charge is -2.08. The Kier molecular flexibility index (Phi) is 13.3. The van der Waals surface area contributed by atoms with E-state index in [1.807, 2.05) is 13.8 Å². The molecule has 0 spiro atoms. The zero-order valence-electron chi connectivity index (χ0n) is 12.2. The fourth-order valence-corrected chi connectivity index (χ4v) is 1.47. The number of carbonyl (C=O) groups excluding carboxylic acids is 1. The molecular weight excluding hydrogens is 228 g/mol. The highest BCUT2D eigenvalue weighted by Gasteiger charge is 2.08. The van der Waals surface area contributed by atoms with Crippen molar-refractivity contribution < 1.29 is 11.7 Å². The van der Waals surface area contributed by atoms with Crippen LogP contribution in [0.25, 0.3) is 0 Å². The van der Waals surface area contributed by atoms with E-state index in [2.05, 4.69) is 35.9 Å². The molecule has 0 bridgehead atoms. The van der Waals surface area contributed by atoms with Crippen LogP contribution >= 0.6 is 0 Å². The van der Waals surface area contributed by atoms with Gasteiger partial charge in [-0.3, -0.25) is 9.69 Å². The topological polar surface area (TPSA) is 63.8 Å². The van der Waals surface area contributed by atoms with Crippen molar-refractivity contribution in [1.82, 2.24) is 10.2 Å². The summed E-state index contributed by atoms with van der Waals surface area (Å²) in [7, 11) is 0. The van der Waals surface area contributed by atoms with E-state index >= 15 is 0 Å². The third-order valence-electron chi connectivity index (χ3n) is 2.12. The number of nitrogens with zero attached hydrogens (tertiary/aromatic N) is 1. The molecule has 0 saturated carbocycles. The summed E-state index contributed by atoms with van der Waals surface area (Å²) in [6, 6.07) is 0.170. The first-order chi connectivity index (χ1) is 8.10. The van der Waals surface area contributed by atoms with Gasteiger partial charge >= 0.3 is 0 Å². The lowest BCUT2D eigenvalue weighted by Crippen LogP contribution is -2.29. The van der Waals surface area contributed by atoms with Crippen molar-refractivity contribution in [3.63, 3.8) is 0 Å². The minimum Gasteiger partial charge on any atom is -0.412 e. The van der Waals surface area contributed by atoms with Crippen molar-refractivity contribution in [3.05, 3.63) is 0 Å². The van der Waals surface area contributed by atoms with Crippen molar-refractivity contribution >= 4 is 5.91 Å². The van der Waals surface area contributed by atoms with Gasteiger partial charge in [0.15, 0.2) is 0 Å². The maximum atomic E-state index is 11.1. The standard InChI is InChI=1S/C11H18N2O.C3H8.H2O.H2/c1-10(2)12-11(14)6-5-9-13-7-3-4-8-13;1-3-2;;/h10H,3-4,7-9H2,1-2H3,(H,12,14);3H2,1-2H3;1H2;1H. The minimum atomic E-state index is -0.167. The first-order valence-electron chi connectivity index (χ1n) is 6.61. The van der Waals surface area contributed by atoms with Gasteiger partial charge in [-0.1, -0.05) is 26.2 Å². The molecule has 4 heteroatoms. The normalized spacial score (nSPS) is 13.8. The maximum absolute atomic E-state index is 11.1. The van der Waals surface area contributed by atoms with Crippen LogP contribution in [0.4, 0.5) is 0 Å². The average molecular weight is 258 g/mol. The van der Waals surface area contributed by atoms with E-state index < -0.39 is 0 Å². The molecule has 1 aliphatic heterocycles. The molecular formula is C14H30N2O2. The smallest absolute Gasteiger partial charge is 0.296 e. The highest BCUT2D eigenvalue weighted by atomic mass is 16.1. The molecule has 3 N–H and O–H groups in total.